The predicted octanol–water partition coefficient (Wildman–Crippen LogP) is 3.77. The van der Waals surface area contributed by atoms with Crippen molar-refractivity contribution in [2.75, 3.05) is 0 Å². The van der Waals surface area contributed by atoms with Gasteiger partial charge in [-0.25, -0.2) is 4.39 Å². The Morgan fingerprint density at radius 1 is 1.40 bits per heavy atom. The Hall–Kier alpha value is -0.540. The summed E-state index contributed by atoms with van der Waals surface area (Å²) in [4.78, 5) is 0.973. The van der Waals surface area contributed by atoms with Gasteiger partial charge in [-0.05, 0) is 37.1 Å². The van der Waals surface area contributed by atoms with Crippen LogP contribution in [-0.4, -0.2) is 10.4 Å². The molecule has 0 amide bonds. The van der Waals surface area contributed by atoms with Crippen LogP contribution in [-0.2, 0) is 0 Å². The van der Waals surface area contributed by atoms with Crippen molar-refractivity contribution in [3.63, 3.8) is 0 Å². The van der Waals surface area contributed by atoms with Crippen molar-refractivity contribution in [1.82, 2.24) is 0 Å². The van der Waals surface area contributed by atoms with Crippen LogP contribution >= 0.6 is 11.8 Å². The lowest BCUT2D eigenvalue weighted by atomic mass is 10.1. The number of hydrogen-bond donors (Lipinski definition) is 1. The van der Waals surface area contributed by atoms with Crippen LogP contribution in [0.5, 0.6) is 0 Å². The molecule has 1 nitrogen and oxygen atoms in total. The molecule has 0 radical (unpaired) electrons. The Morgan fingerprint density at radius 2 is 2.07 bits per heavy atom. The second-order valence-electron chi connectivity index (χ2n) is 3.69. The lowest BCUT2D eigenvalue weighted by molar-refractivity contribution is 0.196. The fourth-order valence-electron chi connectivity index (χ4n) is 1.25. The van der Waals surface area contributed by atoms with E-state index in [0.717, 1.165) is 11.3 Å². The van der Waals surface area contributed by atoms with E-state index in [1.165, 1.54) is 12.1 Å². The summed E-state index contributed by atoms with van der Waals surface area (Å²) >= 11 is 1.68. The first-order chi connectivity index (χ1) is 7.04. The zero-order valence-electron chi connectivity index (χ0n) is 9.33. The molecule has 1 aromatic carbocycles. The average Bonchev–Trinajstić information content (AvgIpc) is 2.20. The zero-order valence-corrected chi connectivity index (χ0v) is 10.1. The quantitative estimate of drug-likeness (QED) is 0.792. The van der Waals surface area contributed by atoms with Gasteiger partial charge in [-0.1, -0.05) is 13.8 Å². The van der Waals surface area contributed by atoms with Crippen LogP contribution in [0.3, 0.4) is 0 Å². The molecule has 0 aliphatic heterocycles. The summed E-state index contributed by atoms with van der Waals surface area (Å²) in [5.74, 6) is -0.292. The smallest absolute Gasteiger partial charge is 0.123 e. The van der Waals surface area contributed by atoms with Gasteiger partial charge in [-0.2, -0.15) is 0 Å². The van der Waals surface area contributed by atoms with Gasteiger partial charge >= 0.3 is 0 Å². The minimum Gasteiger partial charge on any atom is -0.389 e. The van der Waals surface area contributed by atoms with Crippen LogP contribution in [0.15, 0.2) is 23.1 Å². The third-order valence-electron chi connectivity index (χ3n) is 2.32. The molecule has 15 heavy (non-hydrogen) atoms. The van der Waals surface area contributed by atoms with Crippen LogP contribution in [0.25, 0.3) is 0 Å². The number of aliphatic hydroxyl groups excluding tert-OH is 1. The molecule has 0 fully saturated rings. The van der Waals surface area contributed by atoms with Crippen molar-refractivity contribution >= 4 is 11.8 Å². The standard InChI is InChI=1S/C12H17FOS/c1-4-8(2)15-12-6-5-10(13)7-11(12)9(3)14/h5-9,14H,4H2,1-3H3/t8?,9-/m1/s1. The van der Waals surface area contributed by atoms with E-state index in [4.69, 9.17) is 0 Å². The Balaban J connectivity index is 2.95. The topological polar surface area (TPSA) is 20.2 Å². The molecular weight excluding hydrogens is 211 g/mol. The number of rotatable bonds is 4. The second-order valence-corrected chi connectivity index (χ2v) is 5.18. The fourth-order valence-corrected chi connectivity index (χ4v) is 2.37. The third kappa shape index (κ3) is 3.50. The second kappa shape index (κ2) is 5.52. The molecule has 0 heterocycles. The van der Waals surface area contributed by atoms with E-state index in [1.54, 1.807) is 24.8 Å². The molecule has 1 N–H and O–H groups in total. The molecule has 0 saturated carbocycles. The summed E-state index contributed by atoms with van der Waals surface area (Å²) in [5.41, 5.74) is 0.681. The van der Waals surface area contributed by atoms with Gasteiger partial charge < -0.3 is 5.11 Å². The number of hydrogen-bond acceptors (Lipinski definition) is 2. The highest BCUT2D eigenvalue weighted by molar-refractivity contribution is 8.00. The van der Waals surface area contributed by atoms with E-state index >= 15 is 0 Å². The van der Waals surface area contributed by atoms with Crippen LogP contribution in [0.4, 0.5) is 4.39 Å². The van der Waals surface area contributed by atoms with E-state index in [2.05, 4.69) is 13.8 Å². The fraction of sp³-hybridized carbons (Fsp3) is 0.500. The Labute approximate surface area is 94.7 Å². The maximum atomic E-state index is 13.0. The summed E-state index contributed by atoms with van der Waals surface area (Å²) in [6.45, 7) is 5.90. The first kappa shape index (κ1) is 12.5. The number of halogens is 1. The number of aliphatic hydroxyl groups is 1. The van der Waals surface area contributed by atoms with E-state index in [0.29, 0.717) is 10.8 Å². The Morgan fingerprint density at radius 3 is 2.60 bits per heavy atom. The Bertz CT molecular complexity index is 325. The summed E-state index contributed by atoms with van der Waals surface area (Å²) in [6.07, 6.45) is 0.439. The maximum absolute atomic E-state index is 13.0. The highest BCUT2D eigenvalue weighted by Crippen LogP contribution is 2.32. The van der Waals surface area contributed by atoms with E-state index in [9.17, 15) is 9.50 Å². The molecule has 2 atom stereocenters. The lowest BCUT2D eigenvalue weighted by Gasteiger charge is -2.14. The molecule has 0 aliphatic rings. The molecule has 0 saturated heterocycles. The SMILES string of the molecule is CCC(C)Sc1ccc(F)cc1[C@@H](C)O. The molecule has 0 bridgehead atoms. The summed E-state index contributed by atoms with van der Waals surface area (Å²) < 4.78 is 13.0. The van der Waals surface area contributed by atoms with Crippen LogP contribution in [0.2, 0.25) is 0 Å². The van der Waals surface area contributed by atoms with Crippen molar-refractivity contribution in [1.29, 1.82) is 0 Å². The molecule has 84 valence electrons. The largest absolute Gasteiger partial charge is 0.389 e. The molecule has 0 aromatic heterocycles. The van der Waals surface area contributed by atoms with Gasteiger partial charge in [0, 0.05) is 10.1 Å². The van der Waals surface area contributed by atoms with E-state index in [1.807, 2.05) is 0 Å². The maximum Gasteiger partial charge on any atom is 0.123 e. The van der Waals surface area contributed by atoms with Gasteiger partial charge in [0.25, 0.3) is 0 Å². The first-order valence-corrected chi connectivity index (χ1v) is 6.06. The van der Waals surface area contributed by atoms with Crippen molar-refractivity contribution in [3.05, 3.63) is 29.6 Å². The molecule has 1 rings (SSSR count). The van der Waals surface area contributed by atoms with E-state index < -0.39 is 6.10 Å². The number of benzene rings is 1. The van der Waals surface area contributed by atoms with Crippen LogP contribution in [0.1, 0.15) is 38.9 Å². The van der Waals surface area contributed by atoms with Gasteiger partial charge in [0.1, 0.15) is 5.82 Å². The van der Waals surface area contributed by atoms with Gasteiger partial charge in [-0.15, -0.1) is 11.8 Å². The molecule has 1 aromatic rings. The van der Waals surface area contributed by atoms with E-state index in [-0.39, 0.29) is 5.82 Å². The normalized spacial score (nSPS) is 15.0. The third-order valence-corrected chi connectivity index (χ3v) is 3.69. The van der Waals surface area contributed by atoms with Crippen molar-refractivity contribution in [2.45, 2.75) is 43.4 Å². The monoisotopic (exact) mass is 228 g/mol. The summed E-state index contributed by atoms with van der Waals surface area (Å²) in [5, 5.41) is 10.0. The predicted molar refractivity (Wildman–Crippen MR) is 62.6 cm³/mol. The van der Waals surface area contributed by atoms with Crippen LogP contribution < -0.4 is 0 Å². The summed E-state index contributed by atoms with van der Waals surface area (Å²) in [7, 11) is 0. The lowest BCUT2D eigenvalue weighted by Crippen LogP contribution is -1.99. The summed E-state index contributed by atoms with van der Waals surface area (Å²) in [6, 6.07) is 4.60. The molecule has 0 aliphatic carbocycles. The average molecular weight is 228 g/mol. The minimum absolute atomic E-state index is 0.292. The van der Waals surface area contributed by atoms with Crippen LogP contribution in [0, 0.1) is 5.82 Å². The van der Waals surface area contributed by atoms with Crippen molar-refractivity contribution < 1.29 is 9.50 Å². The van der Waals surface area contributed by atoms with Gasteiger partial charge in [-0.3, -0.25) is 0 Å². The minimum atomic E-state index is -0.618. The zero-order chi connectivity index (χ0) is 11.4. The first-order valence-electron chi connectivity index (χ1n) is 5.18. The highest BCUT2D eigenvalue weighted by atomic mass is 32.2. The van der Waals surface area contributed by atoms with Crippen molar-refractivity contribution in [3.8, 4) is 0 Å². The molecule has 3 heteroatoms. The molecule has 0 spiro atoms. The highest BCUT2D eigenvalue weighted by Gasteiger charge is 2.11. The van der Waals surface area contributed by atoms with Gasteiger partial charge in [0.15, 0.2) is 0 Å². The molecular formula is C12H17FOS. The van der Waals surface area contributed by atoms with Crippen molar-refractivity contribution in [2.24, 2.45) is 0 Å². The molecule has 1 unspecified atom stereocenters. The van der Waals surface area contributed by atoms with Gasteiger partial charge in [0.05, 0.1) is 6.10 Å². The van der Waals surface area contributed by atoms with Gasteiger partial charge in [0.2, 0.25) is 0 Å². The number of thioether (sulfide) groups is 1. The Kier molecular flexibility index (Phi) is 4.61.